The number of methoxy groups -OCH3 is 1. The molecule has 0 amide bonds. The second kappa shape index (κ2) is 10.1. The lowest BCUT2D eigenvalue weighted by atomic mass is 9.95. The molecule has 3 aromatic carbocycles. The zero-order chi connectivity index (χ0) is 22.4. The van der Waals surface area contributed by atoms with Gasteiger partial charge in [0.25, 0.3) is 0 Å². The Morgan fingerprint density at radius 2 is 1.71 bits per heavy atom. The predicted octanol–water partition coefficient (Wildman–Crippen LogP) is 6.47. The molecule has 0 aliphatic carbocycles. The van der Waals surface area contributed by atoms with E-state index in [1.807, 2.05) is 54.6 Å². The summed E-state index contributed by atoms with van der Waals surface area (Å²) in [5.41, 5.74) is 3.37. The number of halogens is 1. The minimum Gasteiger partial charge on any atom is -0.496 e. The molecule has 4 nitrogen and oxygen atoms in total. The van der Waals surface area contributed by atoms with E-state index in [-0.39, 0.29) is 5.41 Å². The summed E-state index contributed by atoms with van der Waals surface area (Å²) in [7, 11) is 1.59. The first-order valence-electron chi connectivity index (χ1n) is 10.3. The van der Waals surface area contributed by atoms with E-state index in [2.05, 4.69) is 26.1 Å². The summed E-state index contributed by atoms with van der Waals surface area (Å²) in [6, 6.07) is 20.9. The number of nitrogens with one attached hydrogen (secondary N) is 1. The van der Waals surface area contributed by atoms with E-state index in [9.17, 15) is 5.11 Å². The van der Waals surface area contributed by atoms with Crippen molar-refractivity contribution in [2.45, 2.75) is 33.5 Å². The summed E-state index contributed by atoms with van der Waals surface area (Å²) in [5.74, 6) is 1.23. The van der Waals surface area contributed by atoms with Gasteiger partial charge in [-0.15, -0.1) is 0 Å². The van der Waals surface area contributed by atoms with Crippen LogP contribution in [0.15, 0.2) is 66.7 Å². The Hall–Kier alpha value is -2.69. The molecule has 0 aromatic heterocycles. The lowest BCUT2D eigenvalue weighted by Crippen LogP contribution is -2.20. The van der Waals surface area contributed by atoms with Gasteiger partial charge in [0, 0.05) is 34.4 Å². The molecule has 31 heavy (non-hydrogen) atoms. The van der Waals surface area contributed by atoms with E-state index in [0.717, 1.165) is 17.8 Å². The maximum Gasteiger partial charge on any atom is 0.128 e. The van der Waals surface area contributed by atoms with E-state index in [1.54, 1.807) is 19.2 Å². The van der Waals surface area contributed by atoms with Gasteiger partial charge in [0.2, 0.25) is 0 Å². The summed E-state index contributed by atoms with van der Waals surface area (Å²) in [4.78, 5) is 0. The highest BCUT2D eigenvalue weighted by atomic mass is 35.5. The first-order chi connectivity index (χ1) is 14.8. The number of ether oxygens (including phenoxy) is 2. The predicted molar refractivity (Wildman–Crippen MR) is 127 cm³/mol. The number of anilines is 1. The molecule has 0 radical (unpaired) electrons. The Morgan fingerprint density at radius 1 is 0.968 bits per heavy atom. The fourth-order valence-corrected chi connectivity index (χ4v) is 3.38. The SMILES string of the molecule is COc1cc(OCc2ccccc2)ccc1C(O)c1cc(Cl)ccc1NCC(C)(C)C. The summed E-state index contributed by atoms with van der Waals surface area (Å²) in [5, 5.41) is 15.2. The van der Waals surface area contributed by atoms with Gasteiger partial charge in [-0.2, -0.15) is 0 Å². The average molecular weight is 440 g/mol. The van der Waals surface area contributed by atoms with Gasteiger partial charge in [-0.25, -0.2) is 0 Å². The Balaban J connectivity index is 1.84. The van der Waals surface area contributed by atoms with Crippen molar-refractivity contribution in [1.29, 1.82) is 0 Å². The standard InChI is InChI=1S/C26H30ClNO3/c1-26(2,3)17-28-23-13-10-19(27)14-22(23)25(29)21-12-11-20(15-24(21)30-4)31-16-18-8-6-5-7-9-18/h5-15,25,28-29H,16-17H2,1-4H3. The van der Waals surface area contributed by atoms with Crippen LogP contribution in [0.3, 0.4) is 0 Å². The molecule has 0 saturated carbocycles. The summed E-state index contributed by atoms with van der Waals surface area (Å²) < 4.78 is 11.5. The van der Waals surface area contributed by atoms with Crippen LogP contribution in [-0.2, 0) is 6.61 Å². The van der Waals surface area contributed by atoms with E-state index in [1.165, 1.54) is 0 Å². The molecular formula is C26H30ClNO3. The highest BCUT2D eigenvalue weighted by Gasteiger charge is 2.21. The van der Waals surface area contributed by atoms with Gasteiger partial charge in [0.15, 0.2) is 0 Å². The molecule has 3 rings (SSSR count). The third-order valence-electron chi connectivity index (χ3n) is 4.87. The maximum atomic E-state index is 11.2. The second-order valence-electron chi connectivity index (χ2n) is 8.73. The highest BCUT2D eigenvalue weighted by molar-refractivity contribution is 6.30. The van der Waals surface area contributed by atoms with Crippen LogP contribution in [0.25, 0.3) is 0 Å². The molecule has 164 valence electrons. The Morgan fingerprint density at radius 3 is 2.39 bits per heavy atom. The van der Waals surface area contributed by atoms with Crippen LogP contribution in [0.4, 0.5) is 5.69 Å². The second-order valence-corrected chi connectivity index (χ2v) is 9.16. The van der Waals surface area contributed by atoms with Crippen LogP contribution in [0.1, 0.15) is 43.6 Å². The molecule has 0 spiro atoms. The lowest BCUT2D eigenvalue weighted by molar-refractivity contribution is 0.214. The molecular weight excluding hydrogens is 410 g/mol. The molecule has 1 unspecified atom stereocenters. The highest BCUT2D eigenvalue weighted by Crippen LogP contribution is 2.37. The quantitative estimate of drug-likeness (QED) is 0.422. The molecule has 0 saturated heterocycles. The molecule has 0 aliphatic heterocycles. The Kier molecular flexibility index (Phi) is 7.47. The van der Waals surface area contributed by atoms with Crippen LogP contribution < -0.4 is 14.8 Å². The Bertz CT molecular complexity index is 999. The average Bonchev–Trinajstić information content (AvgIpc) is 2.76. The number of aliphatic hydroxyl groups is 1. The lowest BCUT2D eigenvalue weighted by Gasteiger charge is -2.24. The summed E-state index contributed by atoms with van der Waals surface area (Å²) >= 11 is 6.25. The maximum absolute atomic E-state index is 11.2. The first-order valence-corrected chi connectivity index (χ1v) is 10.7. The van der Waals surface area contributed by atoms with Gasteiger partial charge in [-0.1, -0.05) is 62.7 Å². The summed E-state index contributed by atoms with van der Waals surface area (Å²) in [6.45, 7) is 7.69. The molecule has 0 bridgehead atoms. The van der Waals surface area contributed by atoms with Crippen LogP contribution in [0.2, 0.25) is 5.02 Å². The number of rotatable bonds is 8. The third kappa shape index (κ3) is 6.39. The summed E-state index contributed by atoms with van der Waals surface area (Å²) in [6.07, 6.45) is -0.903. The van der Waals surface area contributed by atoms with Crippen molar-refractivity contribution in [3.05, 3.63) is 88.4 Å². The molecule has 0 fully saturated rings. The number of benzene rings is 3. The number of hydrogen-bond acceptors (Lipinski definition) is 4. The molecule has 0 aliphatic rings. The largest absolute Gasteiger partial charge is 0.496 e. The van der Waals surface area contributed by atoms with Crippen LogP contribution >= 0.6 is 11.6 Å². The van der Waals surface area contributed by atoms with E-state index in [0.29, 0.717) is 34.3 Å². The number of hydrogen-bond donors (Lipinski definition) is 2. The normalized spacial score (nSPS) is 12.3. The number of aliphatic hydroxyl groups excluding tert-OH is 1. The van der Waals surface area contributed by atoms with Crippen LogP contribution in [-0.4, -0.2) is 18.8 Å². The van der Waals surface area contributed by atoms with Crippen LogP contribution in [0.5, 0.6) is 11.5 Å². The molecule has 1 atom stereocenters. The van der Waals surface area contributed by atoms with Crippen molar-refractivity contribution in [1.82, 2.24) is 0 Å². The van der Waals surface area contributed by atoms with Gasteiger partial charge in [-0.05, 0) is 41.3 Å². The van der Waals surface area contributed by atoms with Gasteiger partial charge in [0.05, 0.1) is 7.11 Å². The van der Waals surface area contributed by atoms with Crippen molar-refractivity contribution < 1.29 is 14.6 Å². The van der Waals surface area contributed by atoms with Crippen molar-refractivity contribution in [2.75, 3.05) is 19.0 Å². The molecule has 3 aromatic rings. The van der Waals surface area contributed by atoms with Gasteiger partial charge in [0.1, 0.15) is 24.2 Å². The minimum absolute atomic E-state index is 0.0945. The van der Waals surface area contributed by atoms with E-state index >= 15 is 0 Å². The van der Waals surface area contributed by atoms with Crippen molar-refractivity contribution in [2.24, 2.45) is 5.41 Å². The minimum atomic E-state index is -0.903. The fourth-order valence-electron chi connectivity index (χ4n) is 3.20. The van der Waals surface area contributed by atoms with Crippen molar-refractivity contribution in [3.63, 3.8) is 0 Å². The van der Waals surface area contributed by atoms with Gasteiger partial charge in [-0.3, -0.25) is 0 Å². The zero-order valence-electron chi connectivity index (χ0n) is 18.5. The van der Waals surface area contributed by atoms with Crippen LogP contribution in [0, 0.1) is 5.41 Å². The molecule has 5 heteroatoms. The topological polar surface area (TPSA) is 50.7 Å². The van der Waals surface area contributed by atoms with E-state index < -0.39 is 6.10 Å². The smallest absolute Gasteiger partial charge is 0.128 e. The third-order valence-corrected chi connectivity index (χ3v) is 5.10. The van der Waals surface area contributed by atoms with E-state index in [4.69, 9.17) is 21.1 Å². The van der Waals surface area contributed by atoms with Gasteiger partial charge >= 0.3 is 0 Å². The monoisotopic (exact) mass is 439 g/mol. The van der Waals surface area contributed by atoms with Crippen molar-refractivity contribution >= 4 is 17.3 Å². The van der Waals surface area contributed by atoms with Gasteiger partial charge < -0.3 is 19.9 Å². The Labute approximate surface area is 189 Å². The molecule has 2 N–H and O–H groups in total. The first kappa shape index (κ1) is 23.0. The fraction of sp³-hybridized carbons (Fsp3) is 0.308. The zero-order valence-corrected chi connectivity index (χ0v) is 19.2. The molecule has 0 heterocycles. The van der Waals surface area contributed by atoms with Crippen molar-refractivity contribution in [3.8, 4) is 11.5 Å².